The molecule has 4 aromatic carbocycles. The van der Waals surface area contributed by atoms with E-state index in [0.717, 1.165) is 47.9 Å². The molecule has 0 aliphatic carbocycles. The highest BCUT2D eigenvalue weighted by Gasteiger charge is 2.17. The smallest absolute Gasteiger partial charge is 0.387 e. The number of halogens is 5. The Hall–Kier alpha value is -3.41. The third-order valence-electron chi connectivity index (χ3n) is 6.09. The predicted molar refractivity (Wildman–Crippen MR) is 128 cm³/mol. The molecule has 0 aliphatic heterocycles. The minimum absolute atomic E-state index is 0.133. The van der Waals surface area contributed by atoms with Crippen LogP contribution in [0.15, 0.2) is 66.7 Å². The molecular weight excluding hydrogens is 459 g/mol. The second-order valence-corrected chi connectivity index (χ2v) is 8.54. The van der Waals surface area contributed by atoms with Gasteiger partial charge in [-0.25, -0.2) is 13.2 Å². The van der Waals surface area contributed by atoms with Gasteiger partial charge in [0.25, 0.3) is 0 Å². The summed E-state index contributed by atoms with van der Waals surface area (Å²) in [6, 6.07) is 19.3. The predicted octanol–water partition coefficient (Wildman–Crippen LogP) is 8.65. The van der Waals surface area contributed by atoms with Gasteiger partial charge in [-0.3, -0.25) is 0 Å². The largest absolute Gasteiger partial charge is 0.429 e. The Morgan fingerprint density at radius 2 is 1.40 bits per heavy atom. The maximum absolute atomic E-state index is 15.2. The van der Waals surface area contributed by atoms with Crippen LogP contribution in [0.3, 0.4) is 0 Å². The van der Waals surface area contributed by atoms with Gasteiger partial charge in [0.05, 0.1) is 0 Å². The van der Waals surface area contributed by atoms with E-state index in [9.17, 15) is 17.6 Å². The zero-order valence-corrected chi connectivity index (χ0v) is 19.3. The summed E-state index contributed by atoms with van der Waals surface area (Å²) < 4.78 is 71.6. The number of hydrogen-bond acceptors (Lipinski definition) is 1. The first-order valence-corrected chi connectivity index (χ1v) is 11.6. The van der Waals surface area contributed by atoms with Gasteiger partial charge < -0.3 is 4.74 Å². The van der Waals surface area contributed by atoms with Crippen molar-refractivity contribution in [3.8, 4) is 16.9 Å². The van der Waals surface area contributed by atoms with Crippen molar-refractivity contribution in [2.75, 3.05) is 0 Å². The molecule has 0 aromatic heterocycles. The van der Waals surface area contributed by atoms with E-state index in [0.29, 0.717) is 10.9 Å². The van der Waals surface area contributed by atoms with E-state index in [1.54, 1.807) is 12.1 Å². The highest BCUT2D eigenvalue weighted by atomic mass is 19.3. The van der Waals surface area contributed by atoms with Crippen molar-refractivity contribution in [2.45, 2.75) is 45.6 Å². The molecule has 4 aromatic rings. The molecule has 0 heterocycles. The average molecular weight is 485 g/mol. The van der Waals surface area contributed by atoms with E-state index in [2.05, 4.69) is 35.9 Å². The number of aryl methyl sites for hydroxylation is 3. The number of unbranched alkanes of at least 4 members (excludes halogenated alkanes) is 1. The molecule has 1 nitrogen and oxygen atoms in total. The lowest BCUT2D eigenvalue weighted by atomic mass is 9.96. The fraction of sp³-hybridized carbons (Fsp3) is 0.241. The van der Waals surface area contributed by atoms with Crippen LogP contribution in [-0.2, 0) is 19.3 Å². The molecule has 0 saturated carbocycles. The number of rotatable bonds is 9. The van der Waals surface area contributed by atoms with Gasteiger partial charge in [-0.1, -0.05) is 61.9 Å². The van der Waals surface area contributed by atoms with Gasteiger partial charge in [0.15, 0.2) is 17.4 Å². The van der Waals surface area contributed by atoms with E-state index in [1.807, 2.05) is 18.2 Å². The van der Waals surface area contributed by atoms with Gasteiger partial charge in [0, 0.05) is 5.39 Å². The van der Waals surface area contributed by atoms with Crippen LogP contribution in [0.25, 0.3) is 21.9 Å². The first-order valence-electron chi connectivity index (χ1n) is 11.6. The van der Waals surface area contributed by atoms with Crippen molar-refractivity contribution in [2.24, 2.45) is 0 Å². The Morgan fingerprint density at radius 1 is 0.714 bits per heavy atom. The molecule has 0 radical (unpaired) electrons. The Balaban J connectivity index is 1.51. The van der Waals surface area contributed by atoms with Crippen molar-refractivity contribution in [3.63, 3.8) is 0 Å². The third-order valence-corrected chi connectivity index (χ3v) is 6.09. The molecule has 35 heavy (non-hydrogen) atoms. The fourth-order valence-electron chi connectivity index (χ4n) is 4.19. The summed E-state index contributed by atoms with van der Waals surface area (Å²) in [7, 11) is 0. The van der Waals surface area contributed by atoms with E-state index in [-0.39, 0.29) is 24.2 Å². The molecule has 0 amide bonds. The monoisotopic (exact) mass is 484 g/mol. The lowest BCUT2D eigenvalue weighted by Gasteiger charge is -2.11. The lowest BCUT2D eigenvalue weighted by Crippen LogP contribution is -2.06. The molecule has 0 unspecified atom stereocenters. The molecule has 0 fully saturated rings. The zero-order valence-electron chi connectivity index (χ0n) is 19.3. The van der Waals surface area contributed by atoms with Gasteiger partial charge in [0.2, 0.25) is 0 Å². The molecule has 4 rings (SSSR count). The van der Waals surface area contributed by atoms with Crippen molar-refractivity contribution < 1.29 is 26.7 Å². The molecule has 6 heteroatoms. The van der Waals surface area contributed by atoms with Crippen LogP contribution in [0.5, 0.6) is 5.75 Å². The van der Waals surface area contributed by atoms with Gasteiger partial charge in [0.1, 0.15) is 5.82 Å². The van der Waals surface area contributed by atoms with Gasteiger partial charge in [-0.15, -0.1) is 0 Å². The third kappa shape index (κ3) is 5.81. The van der Waals surface area contributed by atoms with Gasteiger partial charge in [-0.05, 0) is 77.1 Å². The summed E-state index contributed by atoms with van der Waals surface area (Å²) in [5.41, 5.74) is 3.96. The lowest BCUT2D eigenvalue weighted by molar-refractivity contribution is -0.0546. The highest BCUT2D eigenvalue weighted by Crippen LogP contribution is 2.29. The average Bonchev–Trinajstić information content (AvgIpc) is 2.84. The van der Waals surface area contributed by atoms with Crippen LogP contribution in [0.4, 0.5) is 22.0 Å². The molecule has 182 valence electrons. The second-order valence-electron chi connectivity index (χ2n) is 8.54. The molecule has 0 bridgehead atoms. The molecule has 0 atom stereocenters. The summed E-state index contributed by atoms with van der Waals surface area (Å²) in [6.45, 7) is -1.17. The number of hydrogen-bond donors (Lipinski definition) is 0. The Bertz CT molecular complexity index is 1290. The Morgan fingerprint density at radius 3 is 2.06 bits per heavy atom. The van der Waals surface area contributed by atoms with Crippen LogP contribution >= 0.6 is 0 Å². The normalized spacial score (nSPS) is 11.4. The highest BCUT2D eigenvalue weighted by molar-refractivity contribution is 5.88. The van der Waals surface area contributed by atoms with Crippen molar-refractivity contribution >= 4 is 10.8 Å². The maximum atomic E-state index is 15.2. The number of benzene rings is 4. The summed E-state index contributed by atoms with van der Waals surface area (Å²) in [6.07, 6.45) is 3.68. The van der Waals surface area contributed by atoms with Crippen LogP contribution < -0.4 is 4.74 Å². The van der Waals surface area contributed by atoms with E-state index >= 15 is 4.39 Å². The standard InChI is InChI=1S/C29H25F5O/c1-2-3-4-18-5-8-20(9-6-18)22-13-14-24-23(17-22)12-11-21(27(24)32)10-7-19-15-25(30)28(26(31)16-19)35-29(33)34/h5-6,8-9,11-17,29H,2-4,7,10H2,1H3. The number of alkyl halides is 2. The Labute approximate surface area is 201 Å². The van der Waals surface area contributed by atoms with Crippen molar-refractivity contribution in [1.82, 2.24) is 0 Å². The first kappa shape index (κ1) is 24.7. The summed E-state index contributed by atoms with van der Waals surface area (Å²) in [4.78, 5) is 0. The van der Waals surface area contributed by atoms with E-state index in [4.69, 9.17) is 0 Å². The zero-order chi connectivity index (χ0) is 24.9. The summed E-state index contributed by atoms with van der Waals surface area (Å²) in [5.74, 6) is -3.94. The van der Waals surface area contributed by atoms with Crippen LogP contribution in [0, 0.1) is 17.5 Å². The molecule has 0 aliphatic rings. The summed E-state index contributed by atoms with van der Waals surface area (Å²) in [5, 5.41) is 1.22. The number of ether oxygens (including phenoxy) is 1. The molecule has 0 saturated heterocycles. The molecule has 0 N–H and O–H groups in total. The minimum Gasteiger partial charge on any atom is -0.429 e. The topological polar surface area (TPSA) is 9.23 Å². The fourth-order valence-corrected chi connectivity index (χ4v) is 4.19. The first-order chi connectivity index (χ1) is 16.9. The SMILES string of the molecule is CCCCc1ccc(-c2ccc3c(F)c(CCc4cc(F)c(OC(F)F)c(F)c4)ccc3c2)cc1. The minimum atomic E-state index is -3.33. The van der Waals surface area contributed by atoms with Gasteiger partial charge in [-0.2, -0.15) is 8.78 Å². The number of fused-ring (bicyclic) bond motifs is 1. The van der Waals surface area contributed by atoms with Crippen LogP contribution in [0.2, 0.25) is 0 Å². The van der Waals surface area contributed by atoms with Crippen LogP contribution in [-0.4, -0.2) is 6.61 Å². The molecule has 0 spiro atoms. The maximum Gasteiger partial charge on any atom is 0.387 e. The second kappa shape index (κ2) is 10.9. The van der Waals surface area contributed by atoms with E-state index < -0.39 is 24.0 Å². The Kier molecular flexibility index (Phi) is 7.69. The quantitative estimate of drug-likeness (QED) is 0.216. The van der Waals surface area contributed by atoms with Crippen molar-refractivity contribution in [3.05, 3.63) is 101 Å². The molecular formula is C29H25F5O. The summed E-state index contributed by atoms with van der Waals surface area (Å²) >= 11 is 0. The van der Waals surface area contributed by atoms with Crippen molar-refractivity contribution in [1.29, 1.82) is 0 Å². The van der Waals surface area contributed by atoms with Crippen LogP contribution in [0.1, 0.15) is 36.5 Å². The van der Waals surface area contributed by atoms with E-state index in [1.165, 1.54) is 5.56 Å². The van der Waals surface area contributed by atoms with Gasteiger partial charge >= 0.3 is 6.61 Å².